The molecule has 9 nitrogen and oxygen atoms in total. The molecule has 2 rings (SSSR count). The second-order valence-corrected chi connectivity index (χ2v) is 10.9. The van der Waals surface area contributed by atoms with Gasteiger partial charge < -0.3 is 26.0 Å². The van der Waals surface area contributed by atoms with Gasteiger partial charge in [-0.05, 0) is 56.4 Å². The van der Waals surface area contributed by atoms with E-state index in [0.717, 1.165) is 24.0 Å². The van der Waals surface area contributed by atoms with Gasteiger partial charge >= 0.3 is 6.09 Å². The molecule has 0 bridgehead atoms. The number of carbonyl (C=O) groups excluding carboxylic acids is 4. The number of amides is 4. The van der Waals surface area contributed by atoms with Crippen molar-refractivity contribution in [3.63, 3.8) is 0 Å². The summed E-state index contributed by atoms with van der Waals surface area (Å²) >= 11 is 0. The van der Waals surface area contributed by atoms with E-state index in [1.54, 1.807) is 32.9 Å². The summed E-state index contributed by atoms with van der Waals surface area (Å²) in [5, 5.41) is 5.59. The van der Waals surface area contributed by atoms with E-state index in [0.29, 0.717) is 12.0 Å². The Bertz CT molecular complexity index is 1180. The Morgan fingerprint density at radius 3 is 2.37 bits per heavy atom. The van der Waals surface area contributed by atoms with Crippen molar-refractivity contribution < 1.29 is 23.9 Å². The minimum absolute atomic E-state index is 0.0389. The van der Waals surface area contributed by atoms with Crippen LogP contribution in [0.4, 0.5) is 4.79 Å². The Morgan fingerprint density at radius 2 is 1.76 bits per heavy atom. The fraction of sp³-hybridized carbons (Fsp3) is 0.438. The zero-order valence-electron chi connectivity index (χ0n) is 24.7. The molecule has 0 heterocycles. The van der Waals surface area contributed by atoms with Gasteiger partial charge in [0.2, 0.25) is 17.7 Å². The number of hydrogen-bond donors (Lipinski definition) is 3. The van der Waals surface area contributed by atoms with E-state index >= 15 is 0 Å². The number of benzene rings is 2. The van der Waals surface area contributed by atoms with Crippen LogP contribution >= 0.6 is 0 Å². The number of nitrogens with one attached hydrogen (secondary N) is 2. The van der Waals surface area contributed by atoms with E-state index in [2.05, 4.69) is 17.2 Å². The molecule has 0 aliphatic rings. The minimum atomic E-state index is -1.13. The third-order valence-corrected chi connectivity index (χ3v) is 6.29. The lowest BCUT2D eigenvalue weighted by molar-refractivity contribution is -0.143. The van der Waals surface area contributed by atoms with Crippen LogP contribution in [0.15, 0.2) is 61.2 Å². The number of hydrogen-bond acceptors (Lipinski definition) is 5. The molecule has 2 aromatic rings. The van der Waals surface area contributed by atoms with Crippen molar-refractivity contribution in [2.24, 2.45) is 5.73 Å². The van der Waals surface area contributed by atoms with Gasteiger partial charge in [-0.25, -0.2) is 4.79 Å². The van der Waals surface area contributed by atoms with Crippen LogP contribution in [-0.2, 0) is 25.7 Å². The quantitative estimate of drug-likeness (QED) is 0.266. The van der Waals surface area contributed by atoms with Gasteiger partial charge in [-0.3, -0.25) is 14.4 Å². The number of carbonyl (C=O) groups is 4. The molecule has 0 aliphatic carbocycles. The predicted molar refractivity (Wildman–Crippen MR) is 160 cm³/mol. The summed E-state index contributed by atoms with van der Waals surface area (Å²) in [6, 6.07) is 14.6. The second-order valence-electron chi connectivity index (χ2n) is 10.9. The summed E-state index contributed by atoms with van der Waals surface area (Å²) < 4.78 is 5.39. The number of unbranched alkanes of at least 4 members (excludes halogenated alkanes) is 2. The third kappa shape index (κ3) is 11.5. The number of ether oxygens (including phenoxy) is 1. The van der Waals surface area contributed by atoms with Gasteiger partial charge in [-0.2, -0.15) is 0 Å². The highest BCUT2D eigenvalue weighted by molar-refractivity contribution is 5.92. The molecule has 0 saturated heterocycles. The molecule has 0 fully saturated rings. The van der Waals surface area contributed by atoms with Crippen LogP contribution in [0, 0.1) is 0 Å². The molecule has 41 heavy (non-hydrogen) atoms. The maximum atomic E-state index is 14.2. The molecule has 2 atom stereocenters. The van der Waals surface area contributed by atoms with Gasteiger partial charge in [0.1, 0.15) is 17.7 Å². The number of alkyl carbamates (subject to hydrolysis) is 1. The molecule has 0 saturated carbocycles. The monoisotopic (exact) mass is 564 g/mol. The first-order valence-electron chi connectivity index (χ1n) is 14.1. The highest BCUT2D eigenvalue weighted by atomic mass is 16.6. The van der Waals surface area contributed by atoms with Gasteiger partial charge in [-0.15, -0.1) is 0 Å². The van der Waals surface area contributed by atoms with Crippen molar-refractivity contribution in [1.29, 1.82) is 0 Å². The summed E-state index contributed by atoms with van der Waals surface area (Å²) in [7, 11) is 0. The zero-order chi connectivity index (χ0) is 30.4. The van der Waals surface area contributed by atoms with Crippen LogP contribution in [-0.4, -0.2) is 46.9 Å². The molecule has 9 heteroatoms. The number of rotatable bonds is 15. The van der Waals surface area contributed by atoms with Gasteiger partial charge in [0.25, 0.3) is 0 Å². The zero-order valence-corrected chi connectivity index (χ0v) is 24.7. The Hall–Kier alpha value is -4.14. The van der Waals surface area contributed by atoms with Gasteiger partial charge in [-0.1, -0.05) is 81.0 Å². The molecule has 2 aromatic carbocycles. The van der Waals surface area contributed by atoms with E-state index in [4.69, 9.17) is 10.5 Å². The largest absolute Gasteiger partial charge is 0.444 e. The lowest BCUT2D eigenvalue weighted by Crippen LogP contribution is -2.53. The lowest BCUT2D eigenvalue weighted by Gasteiger charge is -2.34. The molecule has 0 spiro atoms. The van der Waals surface area contributed by atoms with Crippen molar-refractivity contribution in [2.45, 2.75) is 84.0 Å². The Labute approximate surface area is 243 Å². The van der Waals surface area contributed by atoms with Crippen LogP contribution < -0.4 is 16.4 Å². The first kappa shape index (κ1) is 33.1. The highest BCUT2D eigenvalue weighted by Gasteiger charge is 2.36. The minimum Gasteiger partial charge on any atom is -0.444 e. The average molecular weight is 565 g/mol. The first-order valence-corrected chi connectivity index (χ1v) is 14.1. The Kier molecular flexibility index (Phi) is 13.1. The number of primary amides is 1. The summed E-state index contributed by atoms with van der Waals surface area (Å²) in [4.78, 5) is 53.9. The normalized spacial score (nSPS) is 12.5. The van der Waals surface area contributed by atoms with Crippen LogP contribution in [0.2, 0.25) is 0 Å². The molecule has 2 unspecified atom stereocenters. The first-order chi connectivity index (χ1) is 19.4. The molecule has 0 aliphatic heterocycles. The van der Waals surface area contributed by atoms with Crippen molar-refractivity contribution in [3.8, 4) is 0 Å². The van der Waals surface area contributed by atoms with Crippen LogP contribution in [0.5, 0.6) is 0 Å². The predicted octanol–water partition coefficient (Wildman–Crippen LogP) is 4.86. The van der Waals surface area contributed by atoms with Crippen molar-refractivity contribution in [2.75, 3.05) is 6.54 Å². The summed E-state index contributed by atoms with van der Waals surface area (Å²) in [6.45, 7) is 11.6. The topological polar surface area (TPSA) is 131 Å². The Morgan fingerprint density at radius 1 is 1.05 bits per heavy atom. The van der Waals surface area contributed by atoms with E-state index in [1.165, 1.54) is 4.90 Å². The molecule has 0 radical (unpaired) electrons. The molecule has 222 valence electrons. The molecular formula is C32H44N4O5. The van der Waals surface area contributed by atoms with E-state index < -0.39 is 35.6 Å². The molecule has 4 amide bonds. The molecule has 4 N–H and O–H groups in total. The van der Waals surface area contributed by atoms with Crippen molar-refractivity contribution in [1.82, 2.24) is 15.5 Å². The molecular weight excluding hydrogens is 520 g/mol. The average Bonchev–Trinajstić information content (AvgIpc) is 2.92. The number of nitrogens with two attached hydrogens (primary N) is 1. The van der Waals surface area contributed by atoms with Gasteiger partial charge in [0.15, 0.2) is 0 Å². The maximum Gasteiger partial charge on any atom is 0.408 e. The Balaban J connectivity index is 2.52. The van der Waals surface area contributed by atoms with Gasteiger partial charge in [0, 0.05) is 19.5 Å². The summed E-state index contributed by atoms with van der Waals surface area (Å²) in [5.41, 5.74) is 6.90. The van der Waals surface area contributed by atoms with Crippen LogP contribution in [0.1, 0.15) is 82.5 Å². The second kappa shape index (κ2) is 16.2. The smallest absolute Gasteiger partial charge is 0.408 e. The van der Waals surface area contributed by atoms with Crippen LogP contribution in [0.25, 0.3) is 6.08 Å². The lowest BCUT2D eigenvalue weighted by atomic mass is 9.99. The van der Waals surface area contributed by atoms with Crippen molar-refractivity contribution in [3.05, 3.63) is 77.9 Å². The number of nitrogens with zero attached hydrogens (tertiary/aromatic N) is 1. The van der Waals surface area contributed by atoms with E-state index in [9.17, 15) is 19.2 Å². The maximum absolute atomic E-state index is 14.2. The van der Waals surface area contributed by atoms with Gasteiger partial charge in [0.05, 0.1) is 0 Å². The summed E-state index contributed by atoms with van der Waals surface area (Å²) in [5.74, 6) is -1.48. The van der Waals surface area contributed by atoms with E-state index in [1.807, 2.05) is 55.5 Å². The SMILES string of the molecule is C=Cc1cccc(C(C(=O)NCc2ccccc2)N(CCCCC)C(=O)C(CCC(N)=O)NC(=O)OC(C)(C)C)c1. The fourth-order valence-corrected chi connectivity index (χ4v) is 4.30. The highest BCUT2D eigenvalue weighted by Crippen LogP contribution is 2.26. The van der Waals surface area contributed by atoms with Crippen LogP contribution in [0.3, 0.4) is 0 Å². The summed E-state index contributed by atoms with van der Waals surface area (Å²) in [6.07, 6.45) is 3.08. The fourth-order valence-electron chi connectivity index (χ4n) is 4.30. The van der Waals surface area contributed by atoms with E-state index in [-0.39, 0.29) is 31.8 Å². The van der Waals surface area contributed by atoms with Crippen molar-refractivity contribution >= 4 is 29.9 Å². The third-order valence-electron chi connectivity index (χ3n) is 6.29. The standard InChI is InChI=1S/C32H44N4O5/c1-6-8-12-20-36(30(39)26(18-19-27(33)37)35-31(40)41-32(3,4)5)28(25-17-13-16-23(7-2)21-25)29(38)34-22-24-14-10-9-11-15-24/h7,9-11,13-17,21,26,28H,2,6,8,12,18-20,22H2,1,3-5H3,(H2,33,37)(H,34,38)(H,35,40). The molecule has 0 aromatic heterocycles.